The Morgan fingerprint density at radius 1 is 0.979 bits per heavy atom. The second kappa shape index (κ2) is 14.8. The minimum atomic E-state index is -1.38. The first-order valence-corrected chi connectivity index (χ1v) is 15.5. The predicted octanol–water partition coefficient (Wildman–Crippen LogP) is 5.37. The molecular weight excluding hydrogens is 598 g/mol. The van der Waals surface area contributed by atoms with Crippen molar-refractivity contribution in [3.63, 3.8) is 0 Å². The van der Waals surface area contributed by atoms with Crippen molar-refractivity contribution in [2.45, 2.75) is 31.0 Å². The molecule has 3 N–H and O–H groups in total. The number of hydrogen-bond acceptors (Lipinski definition) is 9. The van der Waals surface area contributed by atoms with Gasteiger partial charge in [-0.2, -0.15) is 0 Å². The summed E-state index contributed by atoms with van der Waals surface area (Å²) in [5.74, 6) is 2.63. The first-order valence-electron chi connectivity index (χ1n) is 15.5. The molecule has 1 amide bonds. The third-order valence-corrected chi connectivity index (χ3v) is 7.90. The van der Waals surface area contributed by atoms with E-state index in [4.69, 9.17) is 33.8 Å². The van der Waals surface area contributed by atoms with Crippen LogP contribution in [0.2, 0.25) is 0 Å². The fourth-order valence-electron chi connectivity index (χ4n) is 5.44. The van der Waals surface area contributed by atoms with Crippen molar-refractivity contribution in [1.82, 2.24) is 10.9 Å². The number of rotatable bonds is 14. The van der Waals surface area contributed by atoms with Gasteiger partial charge in [0.1, 0.15) is 11.5 Å². The second-order valence-electron chi connectivity index (χ2n) is 11.1. The fraction of sp³-hybridized carbons (Fsp3) is 0.243. The van der Waals surface area contributed by atoms with E-state index >= 15 is 0 Å². The molecule has 0 saturated heterocycles. The summed E-state index contributed by atoms with van der Waals surface area (Å²) in [4.78, 5) is 19.4. The summed E-state index contributed by atoms with van der Waals surface area (Å²) < 4.78 is 28.8. The van der Waals surface area contributed by atoms with Crippen LogP contribution in [0.15, 0.2) is 108 Å². The monoisotopic (exact) mass is 635 g/mol. The van der Waals surface area contributed by atoms with E-state index in [2.05, 4.69) is 10.9 Å². The molecule has 0 fully saturated rings. The van der Waals surface area contributed by atoms with Crippen molar-refractivity contribution in [2.75, 3.05) is 27.1 Å². The second-order valence-corrected chi connectivity index (χ2v) is 11.1. The maximum Gasteiger partial charge on any atom is 0.266 e. The van der Waals surface area contributed by atoms with Crippen LogP contribution in [0.1, 0.15) is 41.2 Å². The summed E-state index contributed by atoms with van der Waals surface area (Å²) in [7, 11) is 1.60. The third-order valence-electron chi connectivity index (χ3n) is 7.90. The van der Waals surface area contributed by atoms with Crippen LogP contribution in [0.3, 0.4) is 0 Å². The van der Waals surface area contributed by atoms with Crippen molar-refractivity contribution in [3.8, 4) is 23.0 Å². The Morgan fingerprint density at radius 3 is 2.62 bits per heavy atom. The third kappa shape index (κ3) is 7.40. The maximum absolute atomic E-state index is 14.4. The lowest BCUT2D eigenvalue weighted by molar-refractivity contribution is -0.129. The molecule has 10 heteroatoms. The molecule has 0 aliphatic carbocycles. The van der Waals surface area contributed by atoms with Gasteiger partial charge in [0, 0.05) is 31.6 Å². The number of ether oxygens (including phenoxy) is 5. The smallest absolute Gasteiger partial charge is 0.266 e. The summed E-state index contributed by atoms with van der Waals surface area (Å²) in [6.45, 7) is 0.995. The van der Waals surface area contributed by atoms with Crippen molar-refractivity contribution in [3.05, 3.63) is 125 Å². The Balaban J connectivity index is 1.32. The van der Waals surface area contributed by atoms with Crippen molar-refractivity contribution < 1.29 is 33.6 Å². The number of hydrogen-bond donors (Lipinski definition) is 3. The molecule has 2 aliphatic heterocycles. The minimum absolute atomic E-state index is 0.0583. The largest absolute Gasteiger partial charge is 0.497 e. The number of nitrogens with one attached hydrogen (secondary N) is 2. The van der Waals surface area contributed by atoms with Crippen LogP contribution in [-0.4, -0.2) is 49.6 Å². The molecule has 0 saturated carbocycles. The SMILES string of the molecule is COc1cccc([C@@H]2OC(c3ccc(OCCCO)cc3)=N[C@]2(C/C=C/c2ccccc2)C(=O)NNCc2ccc3c(c2)OCO3)c1. The number of aliphatic imine (C=N–C) groups is 1. The van der Waals surface area contributed by atoms with Crippen LogP contribution in [0.25, 0.3) is 6.08 Å². The van der Waals surface area contributed by atoms with Gasteiger partial charge in [0.05, 0.1) is 13.7 Å². The van der Waals surface area contributed by atoms with E-state index in [1.165, 1.54) is 0 Å². The highest BCUT2D eigenvalue weighted by Gasteiger charge is 2.52. The molecule has 6 rings (SSSR count). The number of benzene rings is 4. The maximum atomic E-state index is 14.4. The highest BCUT2D eigenvalue weighted by molar-refractivity contribution is 6.01. The number of hydrazine groups is 1. The first kappa shape index (κ1) is 31.7. The van der Waals surface area contributed by atoms with Gasteiger partial charge in [0.25, 0.3) is 5.91 Å². The lowest BCUT2D eigenvalue weighted by Gasteiger charge is -2.30. The number of amides is 1. The van der Waals surface area contributed by atoms with E-state index in [-0.39, 0.29) is 25.7 Å². The zero-order chi connectivity index (χ0) is 32.5. The van der Waals surface area contributed by atoms with Crippen LogP contribution in [0.4, 0.5) is 0 Å². The van der Waals surface area contributed by atoms with Crippen molar-refractivity contribution in [1.29, 1.82) is 0 Å². The number of aliphatic hydroxyl groups excluding tert-OH is 1. The molecule has 10 nitrogen and oxygen atoms in total. The van der Waals surface area contributed by atoms with Gasteiger partial charge < -0.3 is 28.8 Å². The van der Waals surface area contributed by atoms with E-state index in [1.54, 1.807) is 7.11 Å². The highest BCUT2D eigenvalue weighted by Crippen LogP contribution is 2.43. The van der Waals surface area contributed by atoms with Crippen molar-refractivity contribution in [2.24, 2.45) is 4.99 Å². The number of carbonyl (C=O) groups is 1. The van der Waals surface area contributed by atoms with Gasteiger partial charge in [-0.25, -0.2) is 10.4 Å². The van der Waals surface area contributed by atoms with Crippen LogP contribution in [0.5, 0.6) is 23.0 Å². The fourth-order valence-corrected chi connectivity index (χ4v) is 5.44. The Hall–Kier alpha value is -5.32. The molecule has 0 unspecified atom stereocenters. The Labute approximate surface area is 273 Å². The van der Waals surface area contributed by atoms with Gasteiger partial charge in [0.2, 0.25) is 12.7 Å². The summed E-state index contributed by atoms with van der Waals surface area (Å²) in [6, 6.07) is 30.4. The molecule has 242 valence electrons. The molecule has 0 bridgehead atoms. The van der Waals surface area contributed by atoms with E-state index in [0.29, 0.717) is 54.0 Å². The van der Waals surface area contributed by atoms with Crippen LogP contribution < -0.4 is 29.8 Å². The lowest BCUT2D eigenvalue weighted by Crippen LogP contribution is -2.52. The van der Waals surface area contributed by atoms with Gasteiger partial charge in [-0.05, 0) is 65.2 Å². The Kier molecular flexibility index (Phi) is 10.00. The topological polar surface area (TPSA) is 120 Å². The normalized spacial score (nSPS) is 18.1. The van der Waals surface area contributed by atoms with E-state index in [0.717, 1.165) is 16.7 Å². The zero-order valence-electron chi connectivity index (χ0n) is 26.1. The van der Waals surface area contributed by atoms with Gasteiger partial charge in [-0.1, -0.05) is 60.7 Å². The van der Waals surface area contributed by atoms with E-state index < -0.39 is 11.6 Å². The van der Waals surface area contributed by atoms with Gasteiger partial charge in [-0.3, -0.25) is 10.2 Å². The molecule has 47 heavy (non-hydrogen) atoms. The molecule has 0 aromatic heterocycles. The number of fused-ring (bicyclic) bond motifs is 1. The van der Waals surface area contributed by atoms with Gasteiger partial charge in [-0.15, -0.1) is 0 Å². The molecule has 2 heterocycles. The lowest BCUT2D eigenvalue weighted by atomic mass is 9.84. The standard InChI is InChI=1S/C37H37N3O7/c1-43-31-12-5-11-29(23-31)34-37(19-6-10-26-8-3-2-4-9-26,36(42)40-38-24-27-13-18-32-33(22-27)46-25-45-32)39-35(47-34)28-14-16-30(17-15-28)44-21-7-20-41/h2-6,8-18,22-23,34,38,41H,7,19-21,24-25H2,1H3,(H,40,42)/b10-6+/t34-,37-/m0/s1. The predicted molar refractivity (Wildman–Crippen MR) is 177 cm³/mol. The van der Waals surface area contributed by atoms with Gasteiger partial charge >= 0.3 is 0 Å². The average molecular weight is 636 g/mol. The summed E-state index contributed by atoms with van der Waals surface area (Å²) in [6.07, 6.45) is 3.93. The van der Waals surface area contributed by atoms with Crippen LogP contribution in [0, 0.1) is 0 Å². The van der Waals surface area contributed by atoms with E-state index in [9.17, 15) is 4.79 Å². The Morgan fingerprint density at radius 2 is 1.81 bits per heavy atom. The van der Waals surface area contributed by atoms with Crippen molar-refractivity contribution >= 4 is 17.9 Å². The Bertz CT molecular complexity index is 1730. The number of nitrogens with zero attached hydrogens (tertiary/aromatic N) is 1. The number of methoxy groups -OCH3 is 1. The minimum Gasteiger partial charge on any atom is -0.497 e. The average Bonchev–Trinajstić information content (AvgIpc) is 3.75. The first-order chi connectivity index (χ1) is 23.1. The summed E-state index contributed by atoms with van der Waals surface area (Å²) >= 11 is 0. The molecule has 4 aromatic rings. The molecule has 2 atom stereocenters. The van der Waals surface area contributed by atoms with E-state index in [1.807, 2.05) is 109 Å². The molecule has 0 radical (unpaired) electrons. The molecule has 2 aliphatic rings. The van der Waals surface area contributed by atoms with Crippen LogP contribution in [-0.2, 0) is 16.1 Å². The van der Waals surface area contributed by atoms with Gasteiger partial charge in [0.15, 0.2) is 23.1 Å². The highest BCUT2D eigenvalue weighted by atomic mass is 16.7. The molecule has 4 aromatic carbocycles. The number of carbonyl (C=O) groups excluding carboxylic acids is 1. The number of aliphatic hydroxyl groups is 1. The summed E-state index contributed by atoms with van der Waals surface area (Å²) in [5.41, 5.74) is 7.96. The molecule has 0 spiro atoms. The quantitative estimate of drug-likeness (QED) is 0.125. The zero-order valence-corrected chi connectivity index (χ0v) is 26.1. The molecular formula is C37H37N3O7. The van der Waals surface area contributed by atoms with Crippen LogP contribution >= 0.6 is 0 Å². The summed E-state index contributed by atoms with van der Waals surface area (Å²) in [5, 5.41) is 9.08.